The number of carboxylic acid groups (broad SMARTS) is 1. The van der Waals surface area contributed by atoms with E-state index in [0.717, 1.165) is 56.6 Å². The van der Waals surface area contributed by atoms with Gasteiger partial charge in [0.15, 0.2) is 0 Å². The minimum atomic E-state index is -1.25. The van der Waals surface area contributed by atoms with Gasteiger partial charge in [-0.2, -0.15) is 5.26 Å². The van der Waals surface area contributed by atoms with E-state index in [9.17, 15) is 14.7 Å². The molecule has 6 aromatic rings. The number of nitrogens with zero attached hydrogens (tertiary/aromatic N) is 5. The predicted octanol–water partition coefficient (Wildman–Crippen LogP) is 8.26. The zero-order valence-electron chi connectivity index (χ0n) is 22.5. The van der Waals surface area contributed by atoms with Gasteiger partial charge in [-0.3, -0.25) is 9.59 Å². The Morgan fingerprint density at radius 2 is 1.45 bits per heavy atom. The molecule has 0 amide bonds. The molecule has 214 valence electrons. The Hall–Kier alpha value is -5.18. The number of hydrogen-bond acceptors (Lipinski definition) is 10. The van der Waals surface area contributed by atoms with Crippen molar-refractivity contribution in [1.82, 2.24) is 14.5 Å². The second kappa shape index (κ2) is 12.2. The highest BCUT2D eigenvalue weighted by molar-refractivity contribution is 7.24. The fourth-order valence-corrected chi connectivity index (χ4v) is 8.63. The predicted molar refractivity (Wildman–Crippen MR) is 175 cm³/mol. The van der Waals surface area contributed by atoms with E-state index < -0.39 is 5.97 Å². The van der Waals surface area contributed by atoms with Crippen molar-refractivity contribution >= 4 is 80.7 Å². The number of carboxylic acids is 1. The van der Waals surface area contributed by atoms with Gasteiger partial charge in [0.1, 0.15) is 16.1 Å². The van der Waals surface area contributed by atoms with Crippen LogP contribution in [0.5, 0.6) is 0 Å². The summed E-state index contributed by atoms with van der Waals surface area (Å²) in [7, 11) is 2.03. The van der Waals surface area contributed by atoms with E-state index in [1.54, 1.807) is 28.7 Å². The van der Waals surface area contributed by atoms with E-state index in [4.69, 9.17) is 21.6 Å². The van der Waals surface area contributed by atoms with Crippen molar-refractivity contribution in [1.29, 1.82) is 5.26 Å². The van der Waals surface area contributed by atoms with Crippen molar-refractivity contribution in [2.24, 2.45) is 7.05 Å². The first-order valence-electron chi connectivity index (χ1n) is 12.6. The number of ether oxygens (including phenoxy) is 1. The van der Waals surface area contributed by atoms with Gasteiger partial charge in [-0.1, -0.05) is 24.3 Å². The molecule has 0 saturated heterocycles. The number of nitriles is 1. The van der Waals surface area contributed by atoms with Crippen molar-refractivity contribution in [3.8, 4) is 47.0 Å². The summed E-state index contributed by atoms with van der Waals surface area (Å²) < 4.78 is 6.86. The summed E-state index contributed by atoms with van der Waals surface area (Å²) in [6.07, 6.45) is 6.61. The number of aliphatic carboxylic acids is 1. The van der Waals surface area contributed by atoms with Crippen LogP contribution in [0.1, 0.15) is 9.75 Å². The average molecular weight is 652 g/mol. The van der Waals surface area contributed by atoms with Crippen LogP contribution in [0, 0.1) is 17.9 Å². The average Bonchev–Trinajstić information content (AvgIpc) is 3.85. The van der Waals surface area contributed by atoms with Crippen LogP contribution in [-0.2, 0) is 21.4 Å². The molecule has 6 rings (SSSR count). The normalized spacial score (nSPS) is 11.8. The Labute approximate surface area is 266 Å². The summed E-state index contributed by atoms with van der Waals surface area (Å²) in [5.41, 5.74) is 1.72. The zero-order valence-corrected chi connectivity index (χ0v) is 25.8. The minimum absolute atomic E-state index is 0.0777. The molecule has 5 heterocycles. The molecule has 9 nitrogen and oxygen atoms in total. The van der Waals surface area contributed by atoms with Gasteiger partial charge in [-0.05, 0) is 30.3 Å². The number of fused-ring (bicyclic) bond motifs is 1. The quantitative estimate of drug-likeness (QED) is 0.0549. The number of allylic oxidation sites excluding steroid dienone is 1. The molecule has 5 aromatic heterocycles. The van der Waals surface area contributed by atoms with Crippen molar-refractivity contribution in [2.75, 3.05) is 0 Å². The molecule has 0 bridgehead atoms. The maximum Gasteiger partial charge on any atom is 0.333 e. The molecule has 1 N–H and O–H groups in total. The Kier molecular flexibility index (Phi) is 8.02. The van der Waals surface area contributed by atoms with Gasteiger partial charge in [0, 0.05) is 46.0 Å². The molecule has 0 aliphatic heterocycles. The molecular formula is C31H17N5O4S4. The van der Waals surface area contributed by atoms with Gasteiger partial charge in [0.2, 0.25) is 5.76 Å². The first-order chi connectivity index (χ1) is 21.4. The third kappa shape index (κ3) is 5.48. The van der Waals surface area contributed by atoms with Crippen molar-refractivity contribution in [2.45, 2.75) is 0 Å². The van der Waals surface area contributed by atoms with Crippen LogP contribution in [0.3, 0.4) is 0 Å². The molecule has 0 spiro atoms. The van der Waals surface area contributed by atoms with Gasteiger partial charge >= 0.3 is 5.97 Å². The molecule has 0 saturated carbocycles. The number of carbonyl (C=O) groups excluding carboxylic acids is 1. The van der Waals surface area contributed by atoms with E-state index in [-0.39, 0.29) is 17.9 Å². The Bertz CT molecular complexity index is 2210. The summed E-state index contributed by atoms with van der Waals surface area (Å²) in [4.78, 5) is 39.6. The third-order valence-electron chi connectivity index (χ3n) is 6.44. The second-order valence-electron chi connectivity index (χ2n) is 9.05. The van der Waals surface area contributed by atoms with E-state index in [0.29, 0.717) is 4.88 Å². The highest BCUT2D eigenvalue weighted by Gasteiger charge is 2.22. The van der Waals surface area contributed by atoms with E-state index in [1.165, 1.54) is 34.8 Å². The first-order valence-corrected chi connectivity index (χ1v) is 15.9. The Morgan fingerprint density at radius 1 is 0.909 bits per heavy atom. The van der Waals surface area contributed by atoms with E-state index >= 15 is 0 Å². The maximum absolute atomic E-state index is 11.2. The Morgan fingerprint density at radius 3 is 1.93 bits per heavy atom. The van der Waals surface area contributed by atoms with Crippen LogP contribution in [0.15, 0.2) is 72.4 Å². The van der Waals surface area contributed by atoms with Crippen molar-refractivity contribution < 1.29 is 19.4 Å². The summed E-state index contributed by atoms with van der Waals surface area (Å²) in [6, 6.07) is 17.5. The molecule has 0 aliphatic rings. The highest BCUT2D eigenvalue weighted by atomic mass is 32.1. The van der Waals surface area contributed by atoms with E-state index in [2.05, 4.69) is 26.5 Å². The molecular weight excluding hydrogens is 635 g/mol. The Balaban J connectivity index is 1.35. The number of aromatic nitrogens is 3. The number of carbonyl (C=O) groups is 2. The van der Waals surface area contributed by atoms with Crippen LogP contribution >= 0.6 is 45.3 Å². The molecule has 13 heteroatoms. The van der Waals surface area contributed by atoms with Gasteiger partial charge in [0.25, 0.3) is 12.2 Å². The zero-order chi connectivity index (χ0) is 30.8. The van der Waals surface area contributed by atoms with E-state index in [1.807, 2.05) is 55.8 Å². The third-order valence-corrected chi connectivity index (χ3v) is 10.8. The molecule has 1 aromatic carbocycles. The molecule has 0 aliphatic carbocycles. The van der Waals surface area contributed by atoms with Crippen LogP contribution < -0.4 is 0 Å². The van der Waals surface area contributed by atoms with Crippen LogP contribution in [-0.4, -0.2) is 32.1 Å². The summed E-state index contributed by atoms with van der Waals surface area (Å²) in [5, 5.41) is 22.1. The molecule has 0 unspecified atom stereocenters. The molecule has 0 atom stereocenters. The second-order valence-corrected chi connectivity index (χ2v) is 13.3. The van der Waals surface area contributed by atoms with Gasteiger partial charge < -0.3 is 14.4 Å². The lowest BCUT2D eigenvalue weighted by Crippen LogP contribution is -1.94. The van der Waals surface area contributed by atoms with Gasteiger partial charge in [0.05, 0.1) is 37.5 Å². The largest absolute Gasteiger partial charge is 0.486 e. The van der Waals surface area contributed by atoms with Crippen LogP contribution in [0.4, 0.5) is 0 Å². The maximum atomic E-state index is 11.2. The summed E-state index contributed by atoms with van der Waals surface area (Å²) in [6.45, 7) is 7.32. The van der Waals surface area contributed by atoms with Crippen LogP contribution in [0.2, 0.25) is 0 Å². The van der Waals surface area contributed by atoms with Gasteiger partial charge in [-0.15, -0.1) is 45.3 Å². The summed E-state index contributed by atoms with van der Waals surface area (Å²) >= 11 is 5.94. The van der Waals surface area contributed by atoms with Crippen molar-refractivity contribution in [3.05, 3.63) is 93.6 Å². The topological polar surface area (TPSA) is 122 Å². The molecule has 0 fully saturated rings. The summed E-state index contributed by atoms with van der Waals surface area (Å²) in [5.74, 6) is -1.33. The number of thiophene rings is 2. The SMILES string of the molecule is [C-]#[N+]/C(=C\c1ccc(-c2ncc(-c3c4ccccc4c(-c4cnc(-c5ccc(/C=C(\C#N)OC=O)s5)s4)n3C)s2)s1)C(=O)O. The number of benzene rings is 1. The molecule has 44 heavy (non-hydrogen) atoms. The highest BCUT2D eigenvalue weighted by Crippen LogP contribution is 2.45. The molecule has 0 radical (unpaired) electrons. The number of thiazole rings is 2. The number of hydrogen-bond donors (Lipinski definition) is 1. The standard InChI is InChI=1S/C31H17N5O4S4/c1-33-22(31(38)39)12-19-8-10-24(42-19)30-35-15-26(44-30)28-21-6-4-3-5-20(21)27(36(28)2)25-14-34-29(43-25)23-9-7-18(41-23)11-17(13-32)40-16-37/h3-12,14-16H,2H3,(H,38,39)/b17-11+,22-12-. The fourth-order valence-electron chi connectivity index (χ4n) is 4.60. The lowest BCUT2D eigenvalue weighted by Gasteiger charge is -2.04. The van der Waals surface area contributed by atoms with Crippen LogP contribution in [0.25, 0.3) is 68.7 Å². The lowest BCUT2D eigenvalue weighted by molar-refractivity contribution is -0.132. The first kappa shape index (κ1) is 28.9. The fraction of sp³-hybridized carbons (Fsp3) is 0.0323. The van der Waals surface area contributed by atoms with Gasteiger partial charge in [-0.25, -0.2) is 14.8 Å². The monoisotopic (exact) mass is 651 g/mol. The smallest absolute Gasteiger partial charge is 0.333 e. The number of rotatable bonds is 9. The van der Waals surface area contributed by atoms with Crippen molar-refractivity contribution in [3.63, 3.8) is 0 Å². The minimum Gasteiger partial charge on any atom is -0.486 e. The lowest BCUT2D eigenvalue weighted by atomic mass is 10.1.